The average Bonchev–Trinajstić information content (AvgIpc) is 2.64. The number of benzene rings is 2. The van der Waals surface area contributed by atoms with E-state index < -0.39 is 18.9 Å². The fourth-order valence-electron chi connectivity index (χ4n) is 2.81. The lowest BCUT2D eigenvalue weighted by molar-refractivity contribution is -0.140. The topological polar surface area (TPSA) is 54.9 Å². The van der Waals surface area contributed by atoms with Crippen molar-refractivity contribution < 1.29 is 17.7 Å². The number of halogens is 4. The minimum absolute atomic E-state index is 0.0432. The number of hydrogen-bond donors (Lipinski definition) is 1. The van der Waals surface area contributed by atoms with E-state index in [2.05, 4.69) is 15.3 Å². The fraction of sp³-hybridized carbons (Fsp3) is 0.238. The Hall–Kier alpha value is -2.02. The Bertz CT molecular complexity index is 1110. The summed E-state index contributed by atoms with van der Waals surface area (Å²) in [6.45, 7) is 5.20. The number of nitrogens with zero attached hydrogens (tertiary/aromatic N) is 2. The minimum Gasteiger partial charge on any atom is -0.324 e. The zero-order valence-corrected chi connectivity index (χ0v) is 19.5. The Morgan fingerprint density at radius 2 is 1.81 bits per heavy atom. The first-order valence-corrected chi connectivity index (χ1v) is 13.1. The highest BCUT2D eigenvalue weighted by atomic mass is 35.5. The van der Waals surface area contributed by atoms with Crippen LogP contribution in [0.1, 0.15) is 16.7 Å². The first-order valence-electron chi connectivity index (χ1n) is 9.17. The third-order valence-corrected chi connectivity index (χ3v) is 7.10. The molecule has 0 spiro atoms. The fourth-order valence-corrected chi connectivity index (χ4v) is 4.94. The Labute approximate surface area is 188 Å². The molecule has 0 radical (unpaired) electrons. The van der Waals surface area contributed by atoms with Gasteiger partial charge in [0.2, 0.25) is 5.95 Å². The van der Waals surface area contributed by atoms with Gasteiger partial charge in [-0.25, -0.2) is 9.97 Å². The first kappa shape index (κ1) is 23.6. The number of nitrogens with one attached hydrogen (secondary N) is 1. The number of alkyl halides is 3. The number of anilines is 2. The van der Waals surface area contributed by atoms with Crippen molar-refractivity contribution in [3.05, 3.63) is 70.4 Å². The van der Waals surface area contributed by atoms with E-state index >= 15 is 0 Å². The van der Waals surface area contributed by atoms with E-state index in [4.69, 9.17) is 11.6 Å². The third kappa shape index (κ3) is 6.48. The van der Waals surface area contributed by atoms with Crippen molar-refractivity contribution in [2.24, 2.45) is 0 Å². The summed E-state index contributed by atoms with van der Waals surface area (Å²) in [6.07, 6.45) is -3.79. The van der Waals surface area contributed by atoms with E-state index in [1.165, 1.54) is 0 Å². The van der Waals surface area contributed by atoms with Crippen molar-refractivity contribution in [3.63, 3.8) is 0 Å². The van der Waals surface area contributed by atoms with Crippen molar-refractivity contribution in [2.75, 3.05) is 18.6 Å². The molecule has 0 saturated heterocycles. The molecule has 1 aromatic heterocycles. The second-order valence-electron chi connectivity index (χ2n) is 7.36. The van der Waals surface area contributed by atoms with Gasteiger partial charge in [0, 0.05) is 28.0 Å². The molecule has 1 heterocycles. The van der Waals surface area contributed by atoms with Crippen LogP contribution in [-0.2, 0) is 16.5 Å². The van der Waals surface area contributed by atoms with Crippen LogP contribution in [0.15, 0.2) is 53.7 Å². The van der Waals surface area contributed by atoms with Gasteiger partial charge in [-0.1, -0.05) is 17.7 Å². The van der Waals surface area contributed by atoms with Crippen molar-refractivity contribution in [1.29, 1.82) is 0 Å². The average molecular weight is 486 g/mol. The van der Waals surface area contributed by atoms with Crippen LogP contribution in [0.5, 0.6) is 0 Å². The maximum Gasteiger partial charge on any atom is 0.420 e. The van der Waals surface area contributed by atoms with Gasteiger partial charge in [0.1, 0.15) is 17.7 Å². The highest BCUT2D eigenvalue weighted by molar-refractivity contribution is 7.98. The summed E-state index contributed by atoms with van der Waals surface area (Å²) in [6, 6.07) is 12.2. The van der Waals surface area contributed by atoms with Gasteiger partial charge in [0.05, 0.1) is 0 Å². The summed E-state index contributed by atoms with van der Waals surface area (Å²) < 4.78 is 52.5. The predicted molar refractivity (Wildman–Crippen MR) is 122 cm³/mol. The Morgan fingerprint density at radius 1 is 1.13 bits per heavy atom. The number of rotatable bonds is 6. The summed E-state index contributed by atoms with van der Waals surface area (Å²) in [5.74, 6) is 0.319. The van der Waals surface area contributed by atoms with Crippen LogP contribution in [0.3, 0.4) is 0 Å². The maximum atomic E-state index is 13.5. The standard InChI is InChI=1S/C21H20ClF3N3OPS/c1-13-8-14(10-15(22)9-13)12-31-19-18(21(23,24)25)11-26-20(28-19)27-16-4-6-17(7-5-16)30(2,3)29/h4-11H,12H2,1-3H3,(H,26,27,28). The van der Waals surface area contributed by atoms with Crippen LogP contribution >= 0.6 is 30.5 Å². The van der Waals surface area contributed by atoms with Crippen LogP contribution in [0.25, 0.3) is 0 Å². The summed E-state index contributed by atoms with van der Waals surface area (Å²) >= 11 is 7.02. The van der Waals surface area contributed by atoms with E-state index in [1.54, 1.807) is 49.7 Å². The van der Waals surface area contributed by atoms with Gasteiger partial charge in [0.15, 0.2) is 0 Å². The van der Waals surface area contributed by atoms with Crippen molar-refractivity contribution >= 4 is 47.4 Å². The van der Waals surface area contributed by atoms with Gasteiger partial charge >= 0.3 is 6.18 Å². The number of aromatic nitrogens is 2. The molecule has 0 aliphatic carbocycles. The van der Waals surface area contributed by atoms with Crippen LogP contribution in [0.2, 0.25) is 5.02 Å². The lowest BCUT2D eigenvalue weighted by Gasteiger charge is -2.14. The molecule has 4 nitrogen and oxygen atoms in total. The predicted octanol–water partition coefficient (Wildman–Crippen LogP) is 6.74. The molecule has 164 valence electrons. The SMILES string of the molecule is Cc1cc(Cl)cc(CSc2nc(Nc3ccc(P(C)(C)=O)cc3)ncc2C(F)(F)F)c1. The molecule has 0 aliphatic rings. The van der Waals surface area contributed by atoms with Crippen LogP contribution in [-0.4, -0.2) is 23.3 Å². The van der Waals surface area contributed by atoms with Gasteiger partial charge < -0.3 is 9.88 Å². The number of thioether (sulfide) groups is 1. The smallest absolute Gasteiger partial charge is 0.324 e. The summed E-state index contributed by atoms with van der Waals surface area (Å²) in [7, 11) is -2.40. The number of hydrogen-bond acceptors (Lipinski definition) is 5. The summed E-state index contributed by atoms with van der Waals surface area (Å²) in [5, 5.41) is 3.97. The zero-order valence-electron chi connectivity index (χ0n) is 17.0. The largest absolute Gasteiger partial charge is 0.420 e. The highest BCUT2D eigenvalue weighted by Crippen LogP contribution is 2.38. The second-order valence-corrected chi connectivity index (χ2v) is 12.0. The first-order chi connectivity index (χ1) is 14.4. The minimum atomic E-state index is -4.57. The third-order valence-electron chi connectivity index (χ3n) is 4.28. The van der Waals surface area contributed by atoms with Gasteiger partial charge in [-0.3, -0.25) is 0 Å². The van der Waals surface area contributed by atoms with Gasteiger partial charge in [0.25, 0.3) is 0 Å². The van der Waals surface area contributed by atoms with E-state index in [1.807, 2.05) is 13.0 Å². The molecule has 0 atom stereocenters. The number of aryl methyl sites for hydroxylation is 1. The van der Waals surface area contributed by atoms with Crippen molar-refractivity contribution in [2.45, 2.75) is 23.9 Å². The maximum absolute atomic E-state index is 13.5. The molecule has 0 aliphatic heterocycles. The quantitative estimate of drug-likeness (QED) is 0.238. The monoisotopic (exact) mass is 485 g/mol. The van der Waals surface area contributed by atoms with Crippen LogP contribution in [0, 0.1) is 6.92 Å². The Kier molecular flexibility index (Phi) is 7.04. The molecule has 0 bridgehead atoms. The molecule has 2 aromatic carbocycles. The second kappa shape index (κ2) is 9.23. The van der Waals surface area contributed by atoms with Crippen LogP contribution in [0.4, 0.5) is 24.8 Å². The Balaban J connectivity index is 1.85. The molecule has 31 heavy (non-hydrogen) atoms. The van der Waals surface area contributed by atoms with Gasteiger partial charge in [-0.2, -0.15) is 13.2 Å². The normalized spacial score (nSPS) is 12.1. The zero-order chi connectivity index (χ0) is 22.8. The lowest BCUT2D eigenvalue weighted by Crippen LogP contribution is -2.11. The molecular weight excluding hydrogens is 466 g/mol. The molecule has 3 aromatic rings. The van der Waals surface area contributed by atoms with Crippen molar-refractivity contribution in [3.8, 4) is 0 Å². The highest BCUT2D eigenvalue weighted by Gasteiger charge is 2.35. The molecule has 0 fully saturated rings. The summed E-state index contributed by atoms with van der Waals surface area (Å²) in [4.78, 5) is 7.92. The van der Waals surface area contributed by atoms with E-state index in [-0.39, 0.29) is 16.7 Å². The van der Waals surface area contributed by atoms with Crippen molar-refractivity contribution in [1.82, 2.24) is 9.97 Å². The lowest BCUT2D eigenvalue weighted by atomic mass is 10.2. The summed E-state index contributed by atoms with van der Waals surface area (Å²) in [5.41, 5.74) is 1.42. The van der Waals surface area contributed by atoms with E-state index in [0.717, 1.165) is 29.1 Å². The van der Waals surface area contributed by atoms with Crippen LogP contribution < -0.4 is 10.6 Å². The molecule has 0 amide bonds. The van der Waals surface area contributed by atoms with E-state index in [0.29, 0.717) is 16.0 Å². The molecule has 0 unspecified atom stereocenters. The molecular formula is C21H20ClF3N3OPS. The van der Waals surface area contributed by atoms with E-state index in [9.17, 15) is 17.7 Å². The molecule has 1 N–H and O–H groups in total. The Morgan fingerprint density at radius 3 is 2.39 bits per heavy atom. The molecule has 10 heteroatoms. The molecule has 0 saturated carbocycles. The van der Waals surface area contributed by atoms with Gasteiger partial charge in [-0.15, -0.1) is 11.8 Å². The van der Waals surface area contributed by atoms with Gasteiger partial charge in [-0.05, 0) is 67.8 Å². The molecule has 3 rings (SSSR count).